The summed E-state index contributed by atoms with van der Waals surface area (Å²) in [6.45, 7) is 5.05. The highest BCUT2D eigenvalue weighted by Gasteiger charge is 2.24. The van der Waals surface area contributed by atoms with Crippen LogP contribution < -0.4 is 9.62 Å². The summed E-state index contributed by atoms with van der Waals surface area (Å²) in [6.07, 6.45) is 1.05. The number of para-hydroxylation sites is 2. The lowest BCUT2D eigenvalue weighted by atomic mass is 10.1. The van der Waals surface area contributed by atoms with E-state index in [1.165, 1.54) is 6.07 Å². The van der Waals surface area contributed by atoms with Crippen LogP contribution in [0.2, 0.25) is 0 Å². The van der Waals surface area contributed by atoms with E-state index in [-0.39, 0.29) is 17.9 Å². The summed E-state index contributed by atoms with van der Waals surface area (Å²) in [7, 11) is -3.70. The van der Waals surface area contributed by atoms with Crippen LogP contribution >= 0.6 is 0 Å². The molecule has 0 spiro atoms. The standard InChI is InChI=1S/C20H24N2O5S/c1-5-27-20(24)16-11-6-7-12-17(16)21-18(23)13-22(28(4,25)26)19-14(2)9-8-10-15(19)3/h6-12H,5,13H2,1-4H3,(H,21,23). The molecule has 0 fully saturated rings. The first-order valence-corrected chi connectivity index (χ1v) is 10.6. The van der Waals surface area contributed by atoms with Gasteiger partial charge < -0.3 is 10.1 Å². The van der Waals surface area contributed by atoms with E-state index in [4.69, 9.17) is 4.74 Å². The van der Waals surface area contributed by atoms with Crippen molar-refractivity contribution in [1.82, 2.24) is 0 Å². The summed E-state index contributed by atoms with van der Waals surface area (Å²) >= 11 is 0. The zero-order valence-electron chi connectivity index (χ0n) is 16.4. The van der Waals surface area contributed by atoms with E-state index in [2.05, 4.69) is 5.32 Å². The molecular formula is C20H24N2O5S. The van der Waals surface area contributed by atoms with E-state index in [1.54, 1.807) is 51.1 Å². The lowest BCUT2D eigenvalue weighted by Crippen LogP contribution is -2.38. The predicted molar refractivity (Wildman–Crippen MR) is 109 cm³/mol. The van der Waals surface area contributed by atoms with Crippen molar-refractivity contribution in [1.29, 1.82) is 0 Å². The van der Waals surface area contributed by atoms with Gasteiger partial charge in [-0.05, 0) is 44.0 Å². The second-order valence-corrected chi connectivity index (χ2v) is 8.23. The Hall–Kier alpha value is -2.87. The quantitative estimate of drug-likeness (QED) is 0.717. The van der Waals surface area contributed by atoms with Crippen LogP contribution in [-0.4, -0.2) is 39.7 Å². The lowest BCUT2D eigenvalue weighted by Gasteiger charge is -2.25. The first-order valence-electron chi connectivity index (χ1n) is 8.75. The molecule has 2 aromatic carbocycles. The number of amides is 1. The van der Waals surface area contributed by atoms with Crippen LogP contribution in [0.4, 0.5) is 11.4 Å². The summed E-state index contributed by atoms with van der Waals surface area (Å²) < 4.78 is 30.8. The SMILES string of the molecule is CCOC(=O)c1ccccc1NC(=O)CN(c1c(C)cccc1C)S(C)(=O)=O. The lowest BCUT2D eigenvalue weighted by molar-refractivity contribution is -0.114. The molecule has 1 amide bonds. The average molecular weight is 404 g/mol. The maximum Gasteiger partial charge on any atom is 0.340 e. The van der Waals surface area contributed by atoms with Crippen molar-refractivity contribution in [3.05, 3.63) is 59.2 Å². The molecule has 0 saturated carbocycles. The number of sulfonamides is 1. The van der Waals surface area contributed by atoms with Crippen LogP contribution in [0.1, 0.15) is 28.4 Å². The molecule has 7 nitrogen and oxygen atoms in total. The number of hydrogen-bond donors (Lipinski definition) is 1. The molecule has 0 radical (unpaired) electrons. The second-order valence-electron chi connectivity index (χ2n) is 6.32. The minimum absolute atomic E-state index is 0.204. The monoisotopic (exact) mass is 404 g/mol. The van der Waals surface area contributed by atoms with Gasteiger partial charge in [-0.3, -0.25) is 9.10 Å². The van der Waals surface area contributed by atoms with Gasteiger partial charge in [-0.1, -0.05) is 30.3 Å². The van der Waals surface area contributed by atoms with Gasteiger partial charge in [0.1, 0.15) is 6.54 Å². The van der Waals surface area contributed by atoms with E-state index in [9.17, 15) is 18.0 Å². The number of hydrogen-bond acceptors (Lipinski definition) is 5. The molecule has 28 heavy (non-hydrogen) atoms. The fourth-order valence-electron chi connectivity index (χ4n) is 2.86. The number of nitrogens with one attached hydrogen (secondary N) is 1. The molecule has 8 heteroatoms. The Balaban J connectivity index is 2.31. The van der Waals surface area contributed by atoms with E-state index in [1.807, 2.05) is 6.07 Å². The smallest absolute Gasteiger partial charge is 0.340 e. The van der Waals surface area contributed by atoms with Gasteiger partial charge in [0, 0.05) is 0 Å². The summed E-state index contributed by atoms with van der Waals surface area (Å²) in [5, 5.41) is 2.62. The number of nitrogens with zero attached hydrogens (tertiary/aromatic N) is 1. The Kier molecular flexibility index (Phi) is 6.80. The maximum atomic E-state index is 12.6. The molecule has 0 bridgehead atoms. The van der Waals surface area contributed by atoms with Gasteiger partial charge in [-0.15, -0.1) is 0 Å². The molecule has 0 aliphatic heterocycles. The van der Waals surface area contributed by atoms with Crippen molar-refractivity contribution >= 4 is 33.3 Å². The molecule has 0 atom stereocenters. The van der Waals surface area contributed by atoms with Crippen molar-refractivity contribution in [3.8, 4) is 0 Å². The second kappa shape index (κ2) is 8.88. The summed E-state index contributed by atoms with van der Waals surface area (Å²) in [6, 6.07) is 11.8. The van der Waals surface area contributed by atoms with Crippen LogP contribution in [0, 0.1) is 13.8 Å². The third-order valence-electron chi connectivity index (χ3n) is 4.07. The van der Waals surface area contributed by atoms with Gasteiger partial charge in [-0.2, -0.15) is 0 Å². The van der Waals surface area contributed by atoms with Gasteiger partial charge >= 0.3 is 5.97 Å². The number of carbonyl (C=O) groups is 2. The molecule has 0 aromatic heterocycles. The Morgan fingerprint density at radius 2 is 1.64 bits per heavy atom. The molecule has 0 heterocycles. The van der Waals surface area contributed by atoms with E-state index >= 15 is 0 Å². The van der Waals surface area contributed by atoms with Crippen molar-refractivity contribution in [3.63, 3.8) is 0 Å². The summed E-state index contributed by atoms with van der Waals surface area (Å²) in [4.78, 5) is 24.7. The highest BCUT2D eigenvalue weighted by atomic mass is 32.2. The molecule has 2 aromatic rings. The van der Waals surface area contributed by atoms with Crippen molar-refractivity contribution in [2.24, 2.45) is 0 Å². The van der Waals surface area contributed by atoms with E-state index in [0.717, 1.165) is 21.7 Å². The molecular weight excluding hydrogens is 380 g/mol. The van der Waals surface area contributed by atoms with Crippen LogP contribution in [-0.2, 0) is 19.6 Å². The predicted octanol–water partition coefficient (Wildman–Crippen LogP) is 2.88. The first-order chi connectivity index (χ1) is 13.1. The molecule has 0 unspecified atom stereocenters. The molecule has 0 aliphatic rings. The Morgan fingerprint density at radius 1 is 1.04 bits per heavy atom. The average Bonchev–Trinajstić information content (AvgIpc) is 2.60. The Morgan fingerprint density at radius 3 is 2.21 bits per heavy atom. The van der Waals surface area contributed by atoms with Crippen LogP contribution in [0.15, 0.2) is 42.5 Å². The fourth-order valence-corrected chi connectivity index (χ4v) is 3.83. The van der Waals surface area contributed by atoms with Crippen LogP contribution in [0.25, 0.3) is 0 Å². The van der Waals surface area contributed by atoms with E-state index in [0.29, 0.717) is 5.69 Å². The molecule has 2 rings (SSSR count). The number of ether oxygens (including phenoxy) is 1. The topological polar surface area (TPSA) is 92.8 Å². The number of benzene rings is 2. The number of rotatable bonds is 7. The van der Waals surface area contributed by atoms with E-state index < -0.39 is 28.4 Å². The molecule has 0 saturated heterocycles. The number of esters is 1. The minimum atomic E-state index is -3.70. The van der Waals surface area contributed by atoms with Gasteiger partial charge in [0.2, 0.25) is 15.9 Å². The third-order valence-corrected chi connectivity index (χ3v) is 5.19. The van der Waals surface area contributed by atoms with Gasteiger partial charge in [0.05, 0.1) is 29.8 Å². The molecule has 150 valence electrons. The Labute approximate surface area is 165 Å². The minimum Gasteiger partial charge on any atom is -0.462 e. The van der Waals surface area contributed by atoms with Gasteiger partial charge in [-0.25, -0.2) is 13.2 Å². The summed E-state index contributed by atoms with van der Waals surface area (Å²) in [5.41, 5.74) is 2.42. The third kappa shape index (κ3) is 5.10. The fraction of sp³-hybridized carbons (Fsp3) is 0.300. The zero-order chi connectivity index (χ0) is 20.9. The van der Waals surface area contributed by atoms with Crippen molar-refractivity contribution < 1.29 is 22.7 Å². The number of anilines is 2. The van der Waals surface area contributed by atoms with Gasteiger partial charge in [0.15, 0.2) is 0 Å². The van der Waals surface area contributed by atoms with Crippen molar-refractivity contribution in [2.45, 2.75) is 20.8 Å². The highest BCUT2D eigenvalue weighted by Crippen LogP contribution is 2.27. The zero-order valence-corrected chi connectivity index (χ0v) is 17.2. The normalized spacial score (nSPS) is 11.0. The van der Waals surface area contributed by atoms with Crippen LogP contribution in [0.3, 0.4) is 0 Å². The molecule has 0 aliphatic carbocycles. The van der Waals surface area contributed by atoms with Crippen LogP contribution in [0.5, 0.6) is 0 Å². The van der Waals surface area contributed by atoms with Crippen molar-refractivity contribution in [2.75, 3.05) is 29.0 Å². The number of aryl methyl sites for hydroxylation is 2. The highest BCUT2D eigenvalue weighted by molar-refractivity contribution is 7.92. The molecule has 1 N–H and O–H groups in total. The number of carbonyl (C=O) groups excluding carboxylic acids is 2. The first kappa shape index (κ1) is 21.4. The van der Waals surface area contributed by atoms with Gasteiger partial charge in [0.25, 0.3) is 0 Å². The summed E-state index contributed by atoms with van der Waals surface area (Å²) in [5.74, 6) is -1.13. The maximum absolute atomic E-state index is 12.6. The largest absolute Gasteiger partial charge is 0.462 e. The Bertz CT molecular complexity index is 966.